The van der Waals surface area contributed by atoms with Crippen molar-refractivity contribution >= 4 is 98.2 Å². The summed E-state index contributed by atoms with van der Waals surface area (Å²) in [5, 5.41) is 10.2. The van der Waals surface area contributed by atoms with Crippen LogP contribution < -0.4 is 0 Å². The number of benzene rings is 7. The largest absolute Gasteiger partial charge is 0.315 e. The van der Waals surface area contributed by atoms with Crippen LogP contribution >= 0.6 is 23.1 Å². The van der Waals surface area contributed by atoms with E-state index in [1.54, 1.807) is 0 Å². The molecule has 0 saturated carbocycles. The van der Waals surface area contributed by atoms with Gasteiger partial charge in [-0.1, -0.05) is 121 Å². The molecule has 47 heavy (non-hydrogen) atoms. The molecule has 0 amide bonds. The summed E-state index contributed by atoms with van der Waals surface area (Å²) in [6, 6.07) is 50.6. The minimum absolute atomic E-state index is 0.0385. The maximum absolute atomic E-state index is 5.70. The van der Waals surface area contributed by atoms with E-state index in [4.69, 9.17) is 9.98 Å². The Kier molecular flexibility index (Phi) is 5.32. The number of hydrogen-bond donors (Lipinski definition) is 0. The normalized spacial score (nSPS) is 17.5. The lowest BCUT2D eigenvalue weighted by Gasteiger charge is -2.28. The highest BCUT2D eigenvalue weighted by Crippen LogP contribution is 2.51. The van der Waals surface area contributed by atoms with Crippen LogP contribution in [-0.2, 0) is 0 Å². The van der Waals surface area contributed by atoms with Crippen molar-refractivity contribution in [1.82, 2.24) is 4.57 Å². The Morgan fingerprint density at radius 3 is 2.15 bits per heavy atom. The third kappa shape index (κ3) is 3.53. The lowest BCUT2D eigenvalue weighted by molar-refractivity contribution is 0.585. The average molecular weight is 636 g/mol. The number of fused-ring (bicyclic) bond motifs is 14. The zero-order valence-corrected chi connectivity index (χ0v) is 26.7. The highest BCUT2D eigenvalue weighted by atomic mass is 32.2. The fourth-order valence-electron chi connectivity index (χ4n) is 7.96. The monoisotopic (exact) mass is 635 g/mol. The lowest BCUT2D eigenvalue weighted by atomic mass is 9.99. The molecule has 2 aliphatic heterocycles. The number of thiophene rings is 1. The first-order valence-electron chi connectivity index (χ1n) is 16.0. The highest BCUT2D eigenvalue weighted by Gasteiger charge is 2.41. The van der Waals surface area contributed by atoms with Crippen LogP contribution in [0, 0.1) is 0 Å². The van der Waals surface area contributed by atoms with E-state index < -0.39 is 0 Å². The van der Waals surface area contributed by atoms with Gasteiger partial charge < -0.3 is 4.57 Å². The standard InChI is InChI=1S/C42H25N3S2/c1-2-14-25-24(12-1)13-11-20-28(25)41-43-37-31-19-7-10-23-34(31)47-40(37)42(44-41)45-32-21-8-5-17-29(32)35-26-15-3-4-16-27(26)39-36(38(35)45)30-18-6-9-22-33(30)46-39/h1-23,40,42H. The Hall–Kier alpha value is -5.23. The highest BCUT2D eigenvalue weighted by molar-refractivity contribution is 8.01. The smallest absolute Gasteiger partial charge is 0.157 e. The van der Waals surface area contributed by atoms with Gasteiger partial charge in [0.15, 0.2) is 5.84 Å². The van der Waals surface area contributed by atoms with E-state index in [-0.39, 0.29) is 11.4 Å². The second-order valence-electron chi connectivity index (χ2n) is 12.4. The van der Waals surface area contributed by atoms with Crippen molar-refractivity contribution in [3.8, 4) is 0 Å². The topological polar surface area (TPSA) is 29.6 Å². The van der Waals surface area contributed by atoms with E-state index >= 15 is 0 Å². The van der Waals surface area contributed by atoms with Crippen molar-refractivity contribution in [1.29, 1.82) is 0 Å². The molecule has 7 aromatic carbocycles. The molecule has 5 heteroatoms. The van der Waals surface area contributed by atoms with Gasteiger partial charge in [0.2, 0.25) is 0 Å². The lowest BCUT2D eigenvalue weighted by Crippen LogP contribution is -2.31. The second kappa shape index (κ2) is 9.64. The van der Waals surface area contributed by atoms with Crippen molar-refractivity contribution in [3.63, 3.8) is 0 Å². The molecule has 11 rings (SSSR count). The van der Waals surface area contributed by atoms with E-state index in [1.807, 2.05) is 23.1 Å². The SMILES string of the molecule is c1ccc2c(c1)SC1C2=NC(c2cccc3ccccc23)=NC1n1c2ccccc2c2c3ccccc3c3sc4ccccc4c3c21. The van der Waals surface area contributed by atoms with E-state index in [2.05, 4.69) is 144 Å². The van der Waals surface area contributed by atoms with Crippen molar-refractivity contribution < 1.29 is 0 Å². The molecule has 220 valence electrons. The molecule has 0 spiro atoms. The summed E-state index contributed by atoms with van der Waals surface area (Å²) >= 11 is 3.80. The number of aromatic nitrogens is 1. The Morgan fingerprint density at radius 2 is 1.23 bits per heavy atom. The molecule has 2 aliphatic rings. The number of hydrogen-bond acceptors (Lipinski definition) is 4. The fourth-order valence-corrected chi connectivity index (χ4v) is 10.5. The molecule has 2 unspecified atom stereocenters. The first-order chi connectivity index (χ1) is 23.3. The quantitative estimate of drug-likeness (QED) is 0.186. The number of thioether (sulfide) groups is 1. The minimum atomic E-state index is -0.209. The molecule has 0 aliphatic carbocycles. The zero-order valence-electron chi connectivity index (χ0n) is 25.1. The van der Waals surface area contributed by atoms with E-state index in [1.165, 1.54) is 74.0 Å². The van der Waals surface area contributed by atoms with Crippen molar-refractivity contribution in [2.45, 2.75) is 16.3 Å². The van der Waals surface area contributed by atoms with Gasteiger partial charge in [0.25, 0.3) is 0 Å². The fraction of sp³-hybridized carbons (Fsp3) is 0.0476. The first-order valence-corrected chi connectivity index (χ1v) is 17.7. The Balaban J connectivity index is 1.32. The van der Waals surface area contributed by atoms with Gasteiger partial charge in [-0.3, -0.25) is 0 Å². The molecule has 0 bridgehead atoms. The van der Waals surface area contributed by atoms with Crippen LogP contribution in [0.15, 0.2) is 154 Å². The maximum atomic E-state index is 5.70. The maximum Gasteiger partial charge on any atom is 0.157 e. The molecule has 2 aromatic heterocycles. The summed E-state index contributed by atoms with van der Waals surface area (Å²) in [7, 11) is 0. The van der Waals surface area contributed by atoms with E-state index in [0.29, 0.717) is 0 Å². The molecule has 2 atom stereocenters. The van der Waals surface area contributed by atoms with Crippen LogP contribution in [0.3, 0.4) is 0 Å². The van der Waals surface area contributed by atoms with Crippen LogP contribution in [0.25, 0.3) is 63.5 Å². The molecule has 0 fully saturated rings. The number of nitrogens with zero attached hydrogens (tertiary/aromatic N) is 3. The Bertz CT molecular complexity index is 2850. The predicted molar refractivity (Wildman–Crippen MR) is 202 cm³/mol. The number of aliphatic imine (C=N–C) groups is 2. The van der Waals surface area contributed by atoms with Crippen molar-refractivity contribution in [2.24, 2.45) is 9.98 Å². The molecule has 9 aromatic rings. The Morgan fingerprint density at radius 1 is 0.553 bits per heavy atom. The molecule has 4 heterocycles. The Labute approximate surface area is 278 Å². The average Bonchev–Trinajstić information content (AvgIpc) is 3.81. The minimum Gasteiger partial charge on any atom is -0.315 e. The van der Waals surface area contributed by atoms with E-state index in [0.717, 1.165) is 17.1 Å². The first kappa shape index (κ1) is 25.9. The van der Waals surface area contributed by atoms with Crippen LogP contribution in [0.5, 0.6) is 0 Å². The van der Waals surface area contributed by atoms with Crippen LogP contribution in [0.4, 0.5) is 0 Å². The van der Waals surface area contributed by atoms with Crippen LogP contribution in [0.1, 0.15) is 17.3 Å². The van der Waals surface area contributed by atoms with Crippen LogP contribution in [-0.4, -0.2) is 21.4 Å². The molecular weight excluding hydrogens is 611 g/mol. The van der Waals surface area contributed by atoms with Gasteiger partial charge in [-0.15, -0.1) is 23.1 Å². The van der Waals surface area contributed by atoms with Crippen molar-refractivity contribution in [3.05, 3.63) is 151 Å². The summed E-state index contributed by atoms with van der Waals surface area (Å²) in [4.78, 5) is 12.4. The molecule has 0 saturated heterocycles. The van der Waals surface area contributed by atoms with Gasteiger partial charge in [0.1, 0.15) is 6.17 Å². The molecular formula is C42H25N3S2. The van der Waals surface area contributed by atoms with Gasteiger partial charge in [0.05, 0.1) is 22.0 Å². The summed E-state index contributed by atoms with van der Waals surface area (Å²) in [5.41, 5.74) is 5.88. The molecule has 0 N–H and O–H groups in total. The van der Waals surface area contributed by atoms with Crippen LogP contribution in [0.2, 0.25) is 0 Å². The third-order valence-corrected chi connectivity index (χ3v) is 12.5. The molecule has 3 nitrogen and oxygen atoms in total. The van der Waals surface area contributed by atoms with Crippen molar-refractivity contribution in [2.75, 3.05) is 0 Å². The summed E-state index contributed by atoms with van der Waals surface area (Å²) in [6.07, 6.45) is -0.209. The summed E-state index contributed by atoms with van der Waals surface area (Å²) in [6.45, 7) is 0. The van der Waals surface area contributed by atoms with Gasteiger partial charge >= 0.3 is 0 Å². The number of rotatable bonds is 2. The number of amidine groups is 1. The second-order valence-corrected chi connectivity index (χ2v) is 14.6. The number of para-hydroxylation sites is 1. The molecule has 0 radical (unpaired) electrons. The zero-order chi connectivity index (χ0) is 30.6. The van der Waals surface area contributed by atoms with E-state index in [9.17, 15) is 0 Å². The van der Waals surface area contributed by atoms with Gasteiger partial charge in [-0.25, -0.2) is 9.98 Å². The van der Waals surface area contributed by atoms with Gasteiger partial charge in [0, 0.05) is 52.4 Å². The summed E-state index contributed by atoms with van der Waals surface area (Å²) < 4.78 is 5.22. The van der Waals surface area contributed by atoms with Gasteiger partial charge in [-0.05, 0) is 34.4 Å². The van der Waals surface area contributed by atoms with Gasteiger partial charge in [-0.2, -0.15) is 0 Å². The summed E-state index contributed by atoms with van der Waals surface area (Å²) in [5.74, 6) is 0.800. The predicted octanol–water partition coefficient (Wildman–Crippen LogP) is 11.4. The third-order valence-electron chi connectivity index (χ3n) is 9.92.